The maximum atomic E-state index is 4.50. The van der Waals surface area contributed by atoms with E-state index in [4.69, 9.17) is 0 Å². The number of aliphatic imine (C=N–C) groups is 1. The van der Waals surface area contributed by atoms with Gasteiger partial charge in [-0.15, -0.1) is 0 Å². The maximum Gasteiger partial charge on any atom is 0.157 e. The molecule has 0 amide bonds. The number of nitrogens with one attached hydrogen (secondary N) is 1. The van der Waals surface area contributed by atoms with Gasteiger partial charge in [-0.25, -0.2) is 0 Å². The average Bonchev–Trinajstić information content (AvgIpc) is 2.49. The molecule has 2 unspecified atom stereocenters. The van der Waals surface area contributed by atoms with Crippen molar-refractivity contribution < 1.29 is 0 Å². The molecule has 1 aliphatic rings. The Bertz CT molecular complexity index is 226. The zero-order valence-corrected chi connectivity index (χ0v) is 11.3. The van der Waals surface area contributed by atoms with E-state index in [1.807, 2.05) is 11.8 Å². The molecule has 1 N–H and O–H groups in total. The third kappa shape index (κ3) is 4.43. The molecule has 1 rings (SSSR count). The Labute approximate surface area is 97.7 Å². The Morgan fingerprint density at radius 2 is 2.20 bits per heavy atom. The molecule has 15 heavy (non-hydrogen) atoms. The molecule has 1 aliphatic heterocycles. The first-order valence-electron chi connectivity index (χ1n) is 5.61. The molecular weight excluding hydrogens is 206 g/mol. The van der Waals surface area contributed by atoms with Crippen LogP contribution in [-0.2, 0) is 0 Å². The molecule has 88 valence electrons. The van der Waals surface area contributed by atoms with E-state index >= 15 is 0 Å². The van der Waals surface area contributed by atoms with Crippen molar-refractivity contribution in [2.45, 2.75) is 32.1 Å². The van der Waals surface area contributed by atoms with Crippen molar-refractivity contribution in [1.82, 2.24) is 10.2 Å². The highest BCUT2D eigenvalue weighted by Gasteiger charge is 2.20. The molecule has 0 aromatic rings. The van der Waals surface area contributed by atoms with Crippen LogP contribution in [0.4, 0.5) is 0 Å². The topological polar surface area (TPSA) is 27.6 Å². The molecule has 0 radical (unpaired) electrons. The van der Waals surface area contributed by atoms with Gasteiger partial charge in [0.15, 0.2) is 5.17 Å². The lowest BCUT2D eigenvalue weighted by Gasteiger charge is -2.26. The second-order valence-corrected chi connectivity index (χ2v) is 6.26. The van der Waals surface area contributed by atoms with E-state index in [1.165, 1.54) is 0 Å². The summed E-state index contributed by atoms with van der Waals surface area (Å²) in [6.45, 7) is 8.75. The van der Waals surface area contributed by atoms with E-state index in [9.17, 15) is 0 Å². The molecule has 2 atom stereocenters. The fourth-order valence-corrected chi connectivity index (χ4v) is 2.43. The smallest absolute Gasteiger partial charge is 0.157 e. The van der Waals surface area contributed by atoms with Crippen LogP contribution in [0.1, 0.15) is 20.8 Å². The molecule has 0 bridgehead atoms. The third-order valence-corrected chi connectivity index (χ3v) is 3.50. The minimum atomic E-state index is 0.497. The Morgan fingerprint density at radius 1 is 1.53 bits per heavy atom. The molecular formula is C11H23N3S. The highest BCUT2D eigenvalue weighted by atomic mass is 32.2. The standard InChI is InChI=1S/C11H23N3S/c1-8(2)10(7-14(4)5)13-11-12-6-9(3)15-11/h8-10H,6-7H2,1-5H3,(H,12,13). The normalized spacial score (nSPS) is 23.4. The number of nitrogens with zero attached hydrogens (tertiary/aromatic N) is 2. The summed E-state index contributed by atoms with van der Waals surface area (Å²) in [5, 5.41) is 5.31. The van der Waals surface area contributed by atoms with E-state index in [2.05, 4.69) is 50.1 Å². The Hall–Kier alpha value is -0.220. The summed E-state index contributed by atoms with van der Waals surface area (Å²) in [5.74, 6) is 0.631. The molecule has 0 fully saturated rings. The minimum absolute atomic E-state index is 0.497. The van der Waals surface area contributed by atoms with Gasteiger partial charge < -0.3 is 10.2 Å². The van der Waals surface area contributed by atoms with Gasteiger partial charge in [-0.2, -0.15) is 0 Å². The van der Waals surface area contributed by atoms with Crippen LogP contribution in [0.3, 0.4) is 0 Å². The molecule has 3 nitrogen and oxygen atoms in total. The summed E-state index contributed by atoms with van der Waals surface area (Å²) >= 11 is 1.86. The van der Waals surface area contributed by atoms with Gasteiger partial charge in [-0.3, -0.25) is 4.99 Å². The Morgan fingerprint density at radius 3 is 2.60 bits per heavy atom. The summed E-state index contributed by atoms with van der Waals surface area (Å²) in [5.41, 5.74) is 0. The molecule has 0 aliphatic carbocycles. The van der Waals surface area contributed by atoms with Gasteiger partial charge in [0.1, 0.15) is 0 Å². The van der Waals surface area contributed by atoms with Crippen molar-refractivity contribution in [3.8, 4) is 0 Å². The predicted octanol–water partition coefficient (Wildman–Crippen LogP) is 1.65. The largest absolute Gasteiger partial charge is 0.361 e. The Kier molecular flexibility index (Phi) is 4.93. The van der Waals surface area contributed by atoms with Crippen molar-refractivity contribution in [1.29, 1.82) is 0 Å². The highest BCUT2D eigenvalue weighted by molar-refractivity contribution is 8.14. The lowest BCUT2D eigenvalue weighted by molar-refractivity contribution is 0.314. The van der Waals surface area contributed by atoms with Gasteiger partial charge in [-0.05, 0) is 20.0 Å². The fraction of sp³-hybridized carbons (Fsp3) is 0.909. The summed E-state index contributed by atoms with van der Waals surface area (Å²) in [6.07, 6.45) is 0. The molecule has 0 aromatic heterocycles. The van der Waals surface area contributed by atoms with E-state index in [0.717, 1.165) is 18.3 Å². The van der Waals surface area contributed by atoms with Gasteiger partial charge in [0.05, 0.1) is 6.54 Å². The number of likely N-dealkylation sites (N-methyl/N-ethyl adjacent to an activating group) is 1. The molecule has 4 heteroatoms. The number of hydrogen-bond donors (Lipinski definition) is 1. The minimum Gasteiger partial charge on any atom is -0.361 e. The summed E-state index contributed by atoms with van der Waals surface area (Å²) in [7, 11) is 4.23. The van der Waals surface area contributed by atoms with Crippen molar-refractivity contribution >= 4 is 16.9 Å². The predicted molar refractivity (Wildman–Crippen MR) is 69.7 cm³/mol. The van der Waals surface area contributed by atoms with Crippen LogP contribution in [0, 0.1) is 5.92 Å². The van der Waals surface area contributed by atoms with Crippen molar-refractivity contribution in [3.05, 3.63) is 0 Å². The molecule has 0 saturated carbocycles. The summed E-state index contributed by atoms with van der Waals surface area (Å²) in [4.78, 5) is 6.72. The molecule has 0 aromatic carbocycles. The van der Waals surface area contributed by atoms with Crippen molar-refractivity contribution in [2.75, 3.05) is 27.2 Å². The SMILES string of the molecule is CC1CN=C(NC(CN(C)C)C(C)C)S1. The average molecular weight is 229 g/mol. The second kappa shape index (κ2) is 5.75. The lowest BCUT2D eigenvalue weighted by atomic mass is 10.0. The molecule has 1 heterocycles. The summed E-state index contributed by atoms with van der Waals surface area (Å²) < 4.78 is 0. The van der Waals surface area contributed by atoms with Crippen LogP contribution >= 0.6 is 11.8 Å². The van der Waals surface area contributed by atoms with Gasteiger partial charge in [-0.1, -0.05) is 32.5 Å². The Balaban J connectivity index is 2.44. The van der Waals surface area contributed by atoms with Crippen LogP contribution in [0.15, 0.2) is 4.99 Å². The van der Waals surface area contributed by atoms with Gasteiger partial charge in [0.2, 0.25) is 0 Å². The zero-order chi connectivity index (χ0) is 11.4. The zero-order valence-electron chi connectivity index (χ0n) is 10.4. The maximum absolute atomic E-state index is 4.50. The summed E-state index contributed by atoms with van der Waals surface area (Å²) in [6, 6.07) is 0.497. The van der Waals surface area contributed by atoms with Crippen molar-refractivity contribution in [3.63, 3.8) is 0 Å². The second-order valence-electron chi connectivity index (χ2n) is 4.83. The van der Waals surface area contributed by atoms with Gasteiger partial charge >= 0.3 is 0 Å². The fourth-order valence-electron chi connectivity index (χ4n) is 1.53. The van der Waals surface area contributed by atoms with Crippen LogP contribution in [-0.4, -0.2) is 48.5 Å². The number of hydrogen-bond acceptors (Lipinski definition) is 4. The van der Waals surface area contributed by atoms with Crippen LogP contribution < -0.4 is 5.32 Å². The first-order chi connectivity index (χ1) is 6.99. The number of thioether (sulfide) groups is 1. The molecule has 0 spiro atoms. The van der Waals surface area contributed by atoms with Crippen LogP contribution in [0.2, 0.25) is 0 Å². The van der Waals surface area contributed by atoms with E-state index in [-0.39, 0.29) is 0 Å². The van der Waals surface area contributed by atoms with Crippen LogP contribution in [0.5, 0.6) is 0 Å². The quantitative estimate of drug-likeness (QED) is 0.794. The van der Waals surface area contributed by atoms with Crippen molar-refractivity contribution in [2.24, 2.45) is 10.9 Å². The van der Waals surface area contributed by atoms with E-state index < -0.39 is 0 Å². The third-order valence-electron chi connectivity index (χ3n) is 2.48. The number of amidine groups is 1. The van der Waals surface area contributed by atoms with E-state index in [1.54, 1.807) is 0 Å². The van der Waals surface area contributed by atoms with Gasteiger partial charge in [0, 0.05) is 17.8 Å². The first kappa shape index (κ1) is 12.8. The first-order valence-corrected chi connectivity index (χ1v) is 6.49. The van der Waals surface area contributed by atoms with E-state index in [0.29, 0.717) is 17.2 Å². The highest BCUT2D eigenvalue weighted by Crippen LogP contribution is 2.19. The molecule has 0 saturated heterocycles. The number of rotatable bonds is 4. The lowest BCUT2D eigenvalue weighted by Crippen LogP contribution is -2.43. The monoisotopic (exact) mass is 229 g/mol. The van der Waals surface area contributed by atoms with Crippen LogP contribution in [0.25, 0.3) is 0 Å². The van der Waals surface area contributed by atoms with Gasteiger partial charge in [0.25, 0.3) is 0 Å².